The summed E-state index contributed by atoms with van der Waals surface area (Å²) >= 11 is 0. The van der Waals surface area contributed by atoms with E-state index in [1.807, 2.05) is 4.68 Å². The van der Waals surface area contributed by atoms with Crippen LogP contribution in [0.5, 0.6) is 0 Å². The van der Waals surface area contributed by atoms with Crippen LogP contribution in [0.15, 0.2) is 24.5 Å². The van der Waals surface area contributed by atoms with Crippen LogP contribution in [0.2, 0.25) is 0 Å². The molecular formula is C17H24N4. The predicted molar refractivity (Wildman–Crippen MR) is 84.0 cm³/mol. The molecule has 112 valence electrons. The molecule has 1 fully saturated rings. The Morgan fingerprint density at radius 1 is 1.29 bits per heavy atom. The highest BCUT2D eigenvalue weighted by Gasteiger charge is 2.28. The Hall–Kier alpha value is -1.68. The van der Waals surface area contributed by atoms with E-state index in [9.17, 15) is 0 Å². The molecule has 1 atom stereocenters. The predicted octanol–water partition coefficient (Wildman–Crippen LogP) is 3.25. The van der Waals surface area contributed by atoms with Crippen molar-refractivity contribution in [3.8, 4) is 0 Å². The smallest absolute Gasteiger partial charge is 0.141 e. The van der Waals surface area contributed by atoms with Crippen LogP contribution in [-0.2, 0) is 13.1 Å². The molecule has 21 heavy (non-hydrogen) atoms. The van der Waals surface area contributed by atoms with Crippen molar-refractivity contribution in [2.24, 2.45) is 0 Å². The Morgan fingerprint density at radius 3 is 2.95 bits per heavy atom. The maximum absolute atomic E-state index is 4.43. The van der Waals surface area contributed by atoms with E-state index in [1.54, 1.807) is 6.33 Å². The van der Waals surface area contributed by atoms with Gasteiger partial charge >= 0.3 is 0 Å². The fourth-order valence-corrected chi connectivity index (χ4v) is 3.34. The van der Waals surface area contributed by atoms with Crippen molar-refractivity contribution in [3.05, 3.63) is 47.0 Å². The van der Waals surface area contributed by atoms with Gasteiger partial charge in [-0.15, -0.1) is 0 Å². The molecule has 0 bridgehead atoms. The topological polar surface area (TPSA) is 34.0 Å². The van der Waals surface area contributed by atoms with Crippen molar-refractivity contribution in [2.45, 2.75) is 52.7 Å². The van der Waals surface area contributed by atoms with Gasteiger partial charge in [0, 0.05) is 12.6 Å². The SMILES string of the molecule is CCn1ncnc1CN1CCCC1c1cc(C)ccc1C. The van der Waals surface area contributed by atoms with Gasteiger partial charge in [0.15, 0.2) is 0 Å². The maximum Gasteiger partial charge on any atom is 0.141 e. The first-order valence-corrected chi connectivity index (χ1v) is 7.87. The Bertz CT molecular complexity index is 617. The van der Waals surface area contributed by atoms with Crippen LogP contribution in [0.1, 0.15) is 48.3 Å². The fourth-order valence-electron chi connectivity index (χ4n) is 3.34. The van der Waals surface area contributed by atoms with Gasteiger partial charge in [-0.05, 0) is 51.3 Å². The third kappa shape index (κ3) is 2.86. The van der Waals surface area contributed by atoms with Crippen LogP contribution in [-0.4, -0.2) is 26.2 Å². The molecule has 3 rings (SSSR count). The summed E-state index contributed by atoms with van der Waals surface area (Å²) in [5, 5.41) is 4.29. The molecule has 0 amide bonds. The first-order valence-electron chi connectivity index (χ1n) is 7.87. The van der Waals surface area contributed by atoms with E-state index in [4.69, 9.17) is 0 Å². The lowest BCUT2D eigenvalue weighted by Gasteiger charge is -2.26. The van der Waals surface area contributed by atoms with Crippen molar-refractivity contribution in [1.82, 2.24) is 19.7 Å². The summed E-state index contributed by atoms with van der Waals surface area (Å²) in [5.74, 6) is 1.08. The minimum atomic E-state index is 0.520. The molecule has 0 spiro atoms. The molecule has 1 aromatic heterocycles. The summed E-state index contributed by atoms with van der Waals surface area (Å²) in [6, 6.07) is 7.32. The first kappa shape index (κ1) is 14.3. The second-order valence-corrected chi connectivity index (χ2v) is 5.98. The van der Waals surface area contributed by atoms with E-state index in [1.165, 1.54) is 29.5 Å². The van der Waals surface area contributed by atoms with Crippen LogP contribution < -0.4 is 0 Å². The van der Waals surface area contributed by atoms with Crippen LogP contribution in [0.3, 0.4) is 0 Å². The van der Waals surface area contributed by atoms with Crippen LogP contribution in [0.4, 0.5) is 0 Å². The van der Waals surface area contributed by atoms with Crippen molar-refractivity contribution in [2.75, 3.05) is 6.54 Å². The zero-order chi connectivity index (χ0) is 14.8. The number of aryl methyl sites for hydroxylation is 3. The molecule has 1 aromatic carbocycles. The van der Waals surface area contributed by atoms with Gasteiger partial charge in [0.1, 0.15) is 12.2 Å². The van der Waals surface area contributed by atoms with E-state index in [-0.39, 0.29) is 0 Å². The Balaban J connectivity index is 1.84. The number of nitrogens with zero attached hydrogens (tertiary/aromatic N) is 4. The van der Waals surface area contributed by atoms with Gasteiger partial charge in [-0.3, -0.25) is 4.90 Å². The largest absolute Gasteiger partial charge is 0.289 e. The number of rotatable bonds is 4. The number of benzene rings is 1. The van der Waals surface area contributed by atoms with E-state index in [0.717, 1.165) is 25.5 Å². The lowest BCUT2D eigenvalue weighted by molar-refractivity contribution is 0.237. The van der Waals surface area contributed by atoms with Crippen LogP contribution in [0, 0.1) is 13.8 Å². The minimum absolute atomic E-state index is 0.520. The van der Waals surface area contributed by atoms with Gasteiger partial charge in [-0.2, -0.15) is 5.10 Å². The monoisotopic (exact) mass is 284 g/mol. The summed E-state index contributed by atoms with van der Waals surface area (Å²) < 4.78 is 2.00. The normalized spacial score (nSPS) is 19.3. The Kier molecular flexibility index (Phi) is 4.06. The minimum Gasteiger partial charge on any atom is -0.289 e. The third-order valence-electron chi connectivity index (χ3n) is 4.50. The van der Waals surface area contributed by atoms with Gasteiger partial charge in [0.25, 0.3) is 0 Å². The summed E-state index contributed by atoms with van der Waals surface area (Å²) in [4.78, 5) is 6.98. The molecule has 1 saturated heterocycles. The first-order chi connectivity index (χ1) is 10.2. The van der Waals surface area contributed by atoms with Crippen molar-refractivity contribution in [3.63, 3.8) is 0 Å². The Morgan fingerprint density at radius 2 is 2.14 bits per heavy atom. The molecule has 0 saturated carbocycles. The zero-order valence-electron chi connectivity index (χ0n) is 13.2. The van der Waals surface area contributed by atoms with Crippen molar-refractivity contribution in [1.29, 1.82) is 0 Å². The molecule has 2 aromatic rings. The highest BCUT2D eigenvalue weighted by molar-refractivity contribution is 5.33. The van der Waals surface area contributed by atoms with Crippen molar-refractivity contribution >= 4 is 0 Å². The fraction of sp³-hybridized carbons (Fsp3) is 0.529. The lowest BCUT2D eigenvalue weighted by Crippen LogP contribution is -2.25. The van der Waals surface area contributed by atoms with Crippen LogP contribution >= 0.6 is 0 Å². The molecule has 1 aliphatic rings. The number of likely N-dealkylation sites (tertiary alicyclic amines) is 1. The summed E-state index contributed by atoms with van der Waals surface area (Å²) in [5.41, 5.74) is 4.23. The van der Waals surface area contributed by atoms with Gasteiger partial charge in [-0.1, -0.05) is 23.8 Å². The van der Waals surface area contributed by atoms with Gasteiger partial charge in [0.05, 0.1) is 6.54 Å². The molecule has 4 heteroatoms. The number of hydrogen-bond donors (Lipinski definition) is 0. The van der Waals surface area contributed by atoms with Crippen molar-refractivity contribution < 1.29 is 0 Å². The molecule has 4 nitrogen and oxygen atoms in total. The van der Waals surface area contributed by atoms with E-state index in [0.29, 0.717) is 6.04 Å². The number of aromatic nitrogens is 3. The molecule has 1 aliphatic heterocycles. The van der Waals surface area contributed by atoms with E-state index in [2.05, 4.69) is 54.0 Å². The summed E-state index contributed by atoms with van der Waals surface area (Å²) in [6.45, 7) is 9.44. The maximum atomic E-state index is 4.43. The third-order valence-corrected chi connectivity index (χ3v) is 4.50. The number of hydrogen-bond acceptors (Lipinski definition) is 3. The van der Waals surface area contributed by atoms with Crippen LogP contribution in [0.25, 0.3) is 0 Å². The molecule has 2 heterocycles. The molecule has 0 aliphatic carbocycles. The van der Waals surface area contributed by atoms with E-state index < -0.39 is 0 Å². The average molecular weight is 284 g/mol. The highest BCUT2D eigenvalue weighted by Crippen LogP contribution is 2.34. The molecule has 1 unspecified atom stereocenters. The summed E-state index contributed by atoms with van der Waals surface area (Å²) in [6.07, 6.45) is 4.17. The van der Waals surface area contributed by atoms with E-state index >= 15 is 0 Å². The second-order valence-electron chi connectivity index (χ2n) is 5.98. The van der Waals surface area contributed by atoms with Gasteiger partial charge in [0.2, 0.25) is 0 Å². The highest BCUT2D eigenvalue weighted by atomic mass is 15.3. The molecule has 0 radical (unpaired) electrons. The molecular weight excluding hydrogens is 260 g/mol. The molecule has 0 N–H and O–H groups in total. The average Bonchev–Trinajstić information content (AvgIpc) is 3.11. The van der Waals surface area contributed by atoms with Gasteiger partial charge < -0.3 is 0 Å². The Labute approximate surface area is 126 Å². The lowest BCUT2D eigenvalue weighted by atomic mass is 9.97. The standard InChI is InChI=1S/C17H24N4/c1-4-21-17(18-12-19-21)11-20-9-5-6-16(20)15-10-13(2)7-8-14(15)3/h7-8,10,12,16H,4-6,9,11H2,1-3H3. The second kappa shape index (κ2) is 5.98. The summed E-state index contributed by atoms with van der Waals surface area (Å²) in [7, 11) is 0. The van der Waals surface area contributed by atoms with Gasteiger partial charge in [-0.25, -0.2) is 9.67 Å². The zero-order valence-corrected chi connectivity index (χ0v) is 13.2. The quantitative estimate of drug-likeness (QED) is 0.864.